The van der Waals surface area contributed by atoms with Gasteiger partial charge in [0.15, 0.2) is 6.61 Å². The van der Waals surface area contributed by atoms with Crippen molar-refractivity contribution in [2.75, 3.05) is 26.3 Å². The number of benzene rings is 1. The summed E-state index contributed by atoms with van der Waals surface area (Å²) >= 11 is 0. The number of likely N-dealkylation sites (N-methyl/N-ethyl adjacent to an activating group) is 1. The van der Waals surface area contributed by atoms with Gasteiger partial charge in [0.1, 0.15) is 5.75 Å². The molecule has 1 amide bonds. The van der Waals surface area contributed by atoms with Gasteiger partial charge in [0.25, 0.3) is 5.91 Å². The molecule has 0 spiro atoms. The van der Waals surface area contributed by atoms with Gasteiger partial charge in [0, 0.05) is 19.7 Å². The van der Waals surface area contributed by atoms with E-state index in [1.54, 1.807) is 4.90 Å². The Morgan fingerprint density at radius 3 is 2.63 bits per heavy atom. The minimum absolute atomic E-state index is 0.0434. The molecule has 0 aromatic heterocycles. The average molecular weight is 265 g/mol. The number of hydrogen-bond acceptors (Lipinski definition) is 3. The second kappa shape index (κ2) is 7.79. The maximum atomic E-state index is 11.9. The van der Waals surface area contributed by atoms with Crippen LogP contribution in [0.2, 0.25) is 0 Å². The summed E-state index contributed by atoms with van der Waals surface area (Å²) in [6, 6.07) is 5.80. The lowest BCUT2D eigenvalue weighted by Crippen LogP contribution is -2.35. The number of rotatable bonds is 7. The van der Waals surface area contributed by atoms with Crippen LogP contribution < -0.4 is 4.74 Å². The summed E-state index contributed by atoms with van der Waals surface area (Å²) in [7, 11) is 0. The van der Waals surface area contributed by atoms with Crippen molar-refractivity contribution in [2.45, 2.75) is 27.2 Å². The predicted molar refractivity (Wildman–Crippen MR) is 75.4 cm³/mol. The second-order valence-electron chi connectivity index (χ2n) is 4.59. The van der Waals surface area contributed by atoms with E-state index in [-0.39, 0.29) is 19.1 Å². The van der Waals surface area contributed by atoms with Crippen molar-refractivity contribution in [2.24, 2.45) is 0 Å². The van der Waals surface area contributed by atoms with E-state index in [1.807, 2.05) is 39.0 Å². The van der Waals surface area contributed by atoms with Crippen LogP contribution >= 0.6 is 0 Å². The highest BCUT2D eigenvalue weighted by molar-refractivity contribution is 5.77. The Kier molecular flexibility index (Phi) is 6.36. The monoisotopic (exact) mass is 265 g/mol. The van der Waals surface area contributed by atoms with Crippen LogP contribution in [-0.2, 0) is 4.79 Å². The van der Waals surface area contributed by atoms with Crippen LogP contribution in [0.25, 0.3) is 0 Å². The zero-order chi connectivity index (χ0) is 14.3. The van der Waals surface area contributed by atoms with Gasteiger partial charge >= 0.3 is 0 Å². The number of hydrogen-bond donors (Lipinski definition) is 1. The normalized spacial score (nSPS) is 10.3. The first-order valence-corrected chi connectivity index (χ1v) is 6.67. The summed E-state index contributed by atoms with van der Waals surface area (Å²) in [6.45, 7) is 7.33. The number of nitrogens with zero attached hydrogens (tertiary/aromatic N) is 1. The fourth-order valence-corrected chi connectivity index (χ4v) is 1.76. The molecule has 0 heterocycles. The second-order valence-corrected chi connectivity index (χ2v) is 4.59. The van der Waals surface area contributed by atoms with Crippen molar-refractivity contribution in [1.29, 1.82) is 0 Å². The first kappa shape index (κ1) is 15.5. The maximum absolute atomic E-state index is 11.9. The lowest BCUT2D eigenvalue weighted by molar-refractivity contribution is -0.133. The van der Waals surface area contributed by atoms with E-state index < -0.39 is 0 Å². The van der Waals surface area contributed by atoms with Gasteiger partial charge in [-0.25, -0.2) is 0 Å². The van der Waals surface area contributed by atoms with Crippen LogP contribution in [0.15, 0.2) is 18.2 Å². The molecule has 0 saturated carbocycles. The number of aryl methyl sites for hydroxylation is 2. The third-order valence-corrected chi connectivity index (χ3v) is 3.16. The van der Waals surface area contributed by atoms with Crippen molar-refractivity contribution in [1.82, 2.24) is 4.90 Å². The van der Waals surface area contributed by atoms with E-state index in [2.05, 4.69) is 0 Å². The lowest BCUT2D eigenvalue weighted by Gasteiger charge is -2.20. The van der Waals surface area contributed by atoms with Crippen molar-refractivity contribution >= 4 is 5.91 Å². The number of carbonyl (C=O) groups excluding carboxylic acids is 1. The number of carbonyl (C=O) groups is 1. The summed E-state index contributed by atoms with van der Waals surface area (Å²) in [4.78, 5) is 13.6. The molecule has 19 heavy (non-hydrogen) atoms. The largest absolute Gasteiger partial charge is 0.484 e. The van der Waals surface area contributed by atoms with Gasteiger partial charge in [0.05, 0.1) is 0 Å². The zero-order valence-electron chi connectivity index (χ0n) is 12.0. The minimum Gasteiger partial charge on any atom is -0.484 e. The number of aliphatic hydroxyl groups excluding tert-OH is 1. The molecule has 4 heteroatoms. The Morgan fingerprint density at radius 1 is 1.32 bits per heavy atom. The standard InChI is InChI=1S/C15H23NO3/c1-4-16(8-5-9-17)15(18)11-19-14-7-6-12(2)13(3)10-14/h6-7,10,17H,4-5,8-9,11H2,1-3H3. The molecule has 1 aromatic rings. The molecule has 106 valence electrons. The molecule has 0 aliphatic carbocycles. The van der Waals surface area contributed by atoms with Gasteiger partial charge in [-0.05, 0) is 50.5 Å². The Balaban J connectivity index is 2.50. The Morgan fingerprint density at radius 2 is 2.05 bits per heavy atom. The van der Waals surface area contributed by atoms with Crippen LogP contribution in [0, 0.1) is 13.8 Å². The third-order valence-electron chi connectivity index (χ3n) is 3.16. The first-order chi connectivity index (χ1) is 9.08. The summed E-state index contributed by atoms with van der Waals surface area (Å²) in [5.74, 6) is 0.670. The smallest absolute Gasteiger partial charge is 0.260 e. The van der Waals surface area contributed by atoms with Crippen molar-refractivity contribution < 1.29 is 14.6 Å². The van der Waals surface area contributed by atoms with Crippen LogP contribution in [0.5, 0.6) is 5.75 Å². The van der Waals surface area contributed by atoms with E-state index in [4.69, 9.17) is 9.84 Å². The van der Waals surface area contributed by atoms with Gasteiger partial charge in [-0.1, -0.05) is 6.07 Å². The fraction of sp³-hybridized carbons (Fsp3) is 0.533. The Hall–Kier alpha value is -1.55. The summed E-state index contributed by atoms with van der Waals surface area (Å²) in [5, 5.41) is 8.79. The molecule has 1 aromatic carbocycles. The third kappa shape index (κ3) is 4.91. The van der Waals surface area contributed by atoms with E-state index in [0.717, 1.165) is 11.3 Å². The van der Waals surface area contributed by atoms with Crippen molar-refractivity contribution in [3.05, 3.63) is 29.3 Å². The van der Waals surface area contributed by atoms with Crippen LogP contribution in [0.1, 0.15) is 24.5 Å². The van der Waals surface area contributed by atoms with Gasteiger partial charge in [0.2, 0.25) is 0 Å². The summed E-state index contributed by atoms with van der Waals surface area (Å²) in [5.41, 5.74) is 2.36. The molecule has 0 saturated heterocycles. The SMILES string of the molecule is CCN(CCCO)C(=O)COc1ccc(C)c(C)c1. The number of amides is 1. The van der Waals surface area contributed by atoms with Crippen molar-refractivity contribution in [3.8, 4) is 5.75 Å². The number of aliphatic hydroxyl groups is 1. The van der Waals surface area contributed by atoms with Gasteiger partial charge in [-0.2, -0.15) is 0 Å². The van der Waals surface area contributed by atoms with Gasteiger partial charge < -0.3 is 14.7 Å². The summed E-state index contributed by atoms with van der Waals surface area (Å²) < 4.78 is 5.51. The molecule has 4 nitrogen and oxygen atoms in total. The van der Waals surface area contributed by atoms with E-state index in [9.17, 15) is 4.79 Å². The van der Waals surface area contributed by atoms with E-state index in [0.29, 0.717) is 19.5 Å². The van der Waals surface area contributed by atoms with Crippen molar-refractivity contribution in [3.63, 3.8) is 0 Å². The Labute approximate surface area is 115 Å². The average Bonchev–Trinajstić information content (AvgIpc) is 2.41. The van der Waals surface area contributed by atoms with Crippen LogP contribution in [-0.4, -0.2) is 42.2 Å². The lowest BCUT2D eigenvalue weighted by atomic mass is 10.1. The Bertz CT molecular complexity index is 418. The van der Waals surface area contributed by atoms with Crippen LogP contribution in [0.4, 0.5) is 0 Å². The molecule has 0 atom stereocenters. The molecule has 0 aliphatic rings. The molecule has 1 rings (SSSR count). The zero-order valence-corrected chi connectivity index (χ0v) is 12.0. The molecule has 1 N–H and O–H groups in total. The molecular formula is C15H23NO3. The highest BCUT2D eigenvalue weighted by Gasteiger charge is 2.11. The summed E-state index contributed by atoms with van der Waals surface area (Å²) in [6.07, 6.45) is 0.600. The maximum Gasteiger partial charge on any atom is 0.260 e. The highest BCUT2D eigenvalue weighted by Crippen LogP contribution is 2.16. The van der Waals surface area contributed by atoms with Gasteiger partial charge in [-0.15, -0.1) is 0 Å². The fourth-order valence-electron chi connectivity index (χ4n) is 1.76. The number of ether oxygens (including phenoxy) is 1. The molecule has 0 bridgehead atoms. The molecule has 0 radical (unpaired) electrons. The first-order valence-electron chi connectivity index (χ1n) is 6.67. The van der Waals surface area contributed by atoms with E-state index in [1.165, 1.54) is 5.56 Å². The molecule has 0 aliphatic heterocycles. The topological polar surface area (TPSA) is 49.8 Å². The predicted octanol–water partition coefficient (Wildman–Crippen LogP) is 1.91. The quantitative estimate of drug-likeness (QED) is 0.819. The molecule has 0 unspecified atom stereocenters. The highest BCUT2D eigenvalue weighted by atomic mass is 16.5. The van der Waals surface area contributed by atoms with Crippen LogP contribution in [0.3, 0.4) is 0 Å². The minimum atomic E-state index is -0.0471. The van der Waals surface area contributed by atoms with Gasteiger partial charge in [-0.3, -0.25) is 4.79 Å². The van der Waals surface area contributed by atoms with E-state index >= 15 is 0 Å². The molecular weight excluding hydrogens is 242 g/mol. The molecule has 0 fully saturated rings.